The van der Waals surface area contributed by atoms with Crippen LogP contribution in [0.25, 0.3) is 0 Å². The predicted octanol–water partition coefficient (Wildman–Crippen LogP) is 2.86. The van der Waals surface area contributed by atoms with Gasteiger partial charge in [-0.3, -0.25) is 9.69 Å². The molecular weight excluding hydrogens is 356 g/mol. The third kappa shape index (κ3) is 2.73. The van der Waals surface area contributed by atoms with Gasteiger partial charge >= 0.3 is 5.97 Å². The van der Waals surface area contributed by atoms with Crippen LogP contribution in [0.1, 0.15) is 36.5 Å². The van der Waals surface area contributed by atoms with Crippen LogP contribution in [0.3, 0.4) is 0 Å². The third-order valence-corrected chi connectivity index (χ3v) is 6.84. The summed E-state index contributed by atoms with van der Waals surface area (Å²) in [5, 5.41) is 3.57. The predicted molar refractivity (Wildman–Crippen MR) is 106 cm³/mol. The number of rotatable bonds is 4. The van der Waals surface area contributed by atoms with Gasteiger partial charge < -0.3 is 14.8 Å². The number of benzene rings is 1. The molecule has 150 valence electrons. The van der Waals surface area contributed by atoms with Gasteiger partial charge in [0.25, 0.3) is 0 Å². The molecule has 3 aliphatic heterocycles. The van der Waals surface area contributed by atoms with Crippen LogP contribution < -0.4 is 5.32 Å². The molecule has 2 fully saturated rings. The number of para-hydroxylation sites is 1. The molecule has 0 aromatic heterocycles. The Morgan fingerprint density at radius 3 is 2.82 bits per heavy atom. The first-order valence-electron chi connectivity index (χ1n) is 10.0. The molecule has 2 saturated heterocycles. The minimum atomic E-state index is -0.602. The summed E-state index contributed by atoms with van der Waals surface area (Å²) >= 11 is 0. The Balaban J connectivity index is 1.68. The zero-order chi connectivity index (χ0) is 19.9. The van der Waals surface area contributed by atoms with Crippen molar-refractivity contribution in [3.8, 4) is 0 Å². The lowest BCUT2D eigenvalue weighted by atomic mass is 9.72. The van der Waals surface area contributed by atoms with Crippen molar-refractivity contribution in [2.45, 2.75) is 37.8 Å². The zero-order valence-electron chi connectivity index (χ0n) is 16.7. The van der Waals surface area contributed by atoms with E-state index in [0.29, 0.717) is 11.5 Å². The standard InChI is InChI=1S/C22H28N2O4/c1-4-14-12-24-10-9-22(20(25)15-7-5-6-8-18(15)23-22)19(24)11-16(14)17(13-27-2)21(26)28-3/h5-8,13-14,16,19,23H,4,9-12H2,1-3H3/t14-,16-,19-,22-/m0/s1. The highest BCUT2D eigenvalue weighted by Crippen LogP contribution is 2.48. The molecule has 0 amide bonds. The van der Waals surface area contributed by atoms with Gasteiger partial charge in [0, 0.05) is 30.4 Å². The highest BCUT2D eigenvalue weighted by Gasteiger charge is 2.59. The van der Waals surface area contributed by atoms with E-state index in [1.165, 1.54) is 13.4 Å². The summed E-state index contributed by atoms with van der Waals surface area (Å²) in [7, 11) is 2.95. The number of ketones is 1. The van der Waals surface area contributed by atoms with Gasteiger partial charge in [-0.05, 0) is 36.8 Å². The van der Waals surface area contributed by atoms with Gasteiger partial charge in [0.15, 0.2) is 5.78 Å². The fourth-order valence-electron chi connectivity index (χ4n) is 5.45. The van der Waals surface area contributed by atoms with Gasteiger partial charge in [0.1, 0.15) is 5.54 Å². The largest absolute Gasteiger partial charge is 0.504 e. The molecule has 1 aromatic carbocycles. The number of carbonyl (C=O) groups is 2. The van der Waals surface area contributed by atoms with Crippen LogP contribution in [0, 0.1) is 11.8 Å². The van der Waals surface area contributed by atoms with E-state index in [1.54, 1.807) is 7.11 Å². The summed E-state index contributed by atoms with van der Waals surface area (Å²) in [6.45, 7) is 3.92. The molecule has 6 nitrogen and oxygen atoms in total. The van der Waals surface area contributed by atoms with Crippen molar-refractivity contribution in [3.63, 3.8) is 0 Å². The van der Waals surface area contributed by atoms with E-state index in [2.05, 4.69) is 17.1 Å². The Kier molecular flexibility index (Phi) is 4.91. The normalized spacial score (nSPS) is 32.0. The summed E-state index contributed by atoms with van der Waals surface area (Å²) in [5.41, 5.74) is 1.67. The van der Waals surface area contributed by atoms with E-state index in [-0.39, 0.29) is 23.7 Å². The van der Waals surface area contributed by atoms with Gasteiger partial charge in [0.2, 0.25) is 0 Å². The topological polar surface area (TPSA) is 67.9 Å². The van der Waals surface area contributed by atoms with Crippen molar-refractivity contribution in [2.75, 3.05) is 32.6 Å². The van der Waals surface area contributed by atoms with Gasteiger partial charge in [-0.15, -0.1) is 0 Å². The van der Waals surface area contributed by atoms with Crippen molar-refractivity contribution < 1.29 is 19.1 Å². The van der Waals surface area contributed by atoms with Gasteiger partial charge in [-0.1, -0.05) is 25.5 Å². The number of hydrogen-bond acceptors (Lipinski definition) is 6. The van der Waals surface area contributed by atoms with Gasteiger partial charge in [-0.25, -0.2) is 4.79 Å². The number of anilines is 1. The first-order chi connectivity index (χ1) is 13.6. The number of methoxy groups -OCH3 is 2. The number of Topliss-reactive ketones (excluding diaryl/α,β-unsaturated/α-hetero) is 1. The SMILES string of the molecule is CC[C@H]1CN2CC[C@]3(Nc4ccccc4C3=O)[C@@H]2C[C@@H]1C(=COC)C(=O)OC. The average molecular weight is 384 g/mol. The van der Waals surface area contributed by atoms with E-state index in [4.69, 9.17) is 9.47 Å². The van der Waals surface area contributed by atoms with Crippen molar-refractivity contribution in [3.05, 3.63) is 41.7 Å². The Morgan fingerprint density at radius 2 is 2.14 bits per heavy atom. The number of nitrogens with one attached hydrogen (secondary N) is 1. The van der Waals surface area contributed by atoms with Crippen LogP contribution in [0.4, 0.5) is 5.69 Å². The second kappa shape index (κ2) is 7.24. The Morgan fingerprint density at radius 1 is 1.36 bits per heavy atom. The van der Waals surface area contributed by atoms with Gasteiger partial charge in [0.05, 0.1) is 26.1 Å². The van der Waals surface area contributed by atoms with Crippen molar-refractivity contribution in [1.29, 1.82) is 0 Å². The lowest BCUT2D eigenvalue weighted by Crippen LogP contribution is -2.57. The maximum atomic E-state index is 13.4. The molecule has 1 aromatic rings. The number of nitrogens with zero attached hydrogens (tertiary/aromatic N) is 1. The van der Waals surface area contributed by atoms with Crippen molar-refractivity contribution >= 4 is 17.4 Å². The maximum absolute atomic E-state index is 13.4. The highest BCUT2D eigenvalue weighted by atomic mass is 16.5. The van der Waals surface area contributed by atoms with Crippen LogP contribution >= 0.6 is 0 Å². The molecule has 0 saturated carbocycles. The van der Waals surface area contributed by atoms with Crippen LogP contribution in [0.5, 0.6) is 0 Å². The second-order valence-electron chi connectivity index (χ2n) is 8.04. The lowest BCUT2D eigenvalue weighted by molar-refractivity contribution is -0.137. The van der Waals surface area contributed by atoms with E-state index in [0.717, 1.165) is 43.6 Å². The number of piperidine rings is 1. The Labute approximate surface area is 165 Å². The number of esters is 1. The molecule has 1 N–H and O–H groups in total. The van der Waals surface area contributed by atoms with E-state index in [1.807, 2.05) is 24.3 Å². The molecule has 0 unspecified atom stereocenters. The highest BCUT2D eigenvalue weighted by molar-refractivity contribution is 6.14. The first kappa shape index (κ1) is 19.0. The number of ether oxygens (including phenoxy) is 2. The molecule has 28 heavy (non-hydrogen) atoms. The maximum Gasteiger partial charge on any atom is 0.337 e. The molecule has 6 heteroatoms. The second-order valence-corrected chi connectivity index (χ2v) is 8.04. The number of hydrogen-bond donors (Lipinski definition) is 1. The minimum absolute atomic E-state index is 0.00642. The molecule has 0 aliphatic carbocycles. The molecular formula is C22H28N2O4. The summed E-state index contributed by atoms with van der Waals surface area (Å²) < 4.78 is 10.2. The minimum Gasteiger partial charge on any atom is -0.504 e. The summed E-state index contributed by atoms with van der Waals surface area (Å²) in [6, 6.07) is 7.80. The summed E-state index contributed by atoms with van der Waals surface area (Å²) in [5.74, 6) is 0.164. The first-order valence-corrected chi connectivity index (χ1v) is 10.0. The molecule has 0 bridgehead atoms. The molecule has 3 heterocycles. The molecule has 3 aliphatic rings. The fourth-order valence-corrected chi connectivity index (χ4v) is 5.45. The molecule has 1 spiro atoms. The smallest absolute Gasteiger partial charge is 0.337 e. The van der Waals surface area contributed by atoms with Gasteiger partial charge in [-0.2, -0.15) is 0 Å². The fraction of sp³-hybridized carbons (Fsp3) is 0.545. The molecule has 0 radical (unpaired) electrons. The number of fused-ring (bicyclic) bond motifs is 3. The van der Waals surface area contributed by atoms with Crippen molar-refractivity contribution in [1.82, 2.24) is 4.90 Å². The Bertz CT molecular complexity index is 821. The molecule has 4 atom stereocenters. The zero-order valence-corrected chi connectivity index (χ0v) is 16.7. The average Bonchev–Trinajstić information content (AvgIpc) is 3.23. The number of carbonyl (C=O) groups excluding carboxylic acids is 2. The van der Waals surface area contributed by atoms with E-state index in [9.17, 15) is 9.59 Å². The monoisotopic (exact) mass is 384 g/mol. The van der Waals surface area contributed by atoms with Crippen LogP contribution in [-0.4, -0.2) is 55.5 Å². The third-order valence-electron chi connectivity index (χ3n) is 6.84. The van der Waals surface area contributed by atoms with E-state index >= 15 is 0 Å². The van der Waals surface area contributed by atoms with E-state index < -0.39 is 5.54 Å². The van der Waals surface area contributed by atoms with Crippen molar-refractivity contribution in [2.24, 2.45) is 11.8 Å². The summed E-state index contributed by atoms with van der Waals surface area (Å²) in [6.07, 6.45) is 4.00. The lowest BCUT2D eigenvalue weighted by Gasteiger charge is -2.45. The van der Waals surface area contributed by atoms with Crippen LogP contribution in [-0.2, 0) is 14.3 Å². The van der Waals surface area contributed by atoms with Crippen LogP contribution in [0.15, 0.2) is 36.1 Å². The Hall–Kier alpha value is -2.34. The van der Waals surface area contributed by atoms with Crippen LogP contribution in [0.2, 0.25) is 0 Å². The summed E-state index contributed by atoms with van der Waals surface area (Å²) in [4.78, 5) is 28.3. The quantitative estimate of drug-likeness (QED) is 0.489. The molecule has 4 rings (SSSR count).